The summed E-state index contributed by atoms with van der Waals surface area (Å²) in [6.45, 7) is 6.18. The van der Waals surface area contributed by atoms with E-state index in [2.05, 4.69) is 31.2 Å². The van der Waals surface area contributed by atoms with Gasteiger partial charge in [-0.3, -0.25) is 0 Å². The van der Waals surface area contributed by atoms with Crippen LogP contribution in [0.2, 0.25) is 0 Å². The van der Waals surface area contributed by atoms with Crippen molar-refractivity contribution in [2.24, 2.45) is 0 Å². The van der Waals surface area contributed by atoms with E-state index in [0.29, 0.717) is 16.7 Å². The average molecular weight is 487 g/mol. The highest BCUT2D eigenvalue weighted by Crippen LogP contribution is 2.28. The van der Waals surface area contributed by atoms with E-state index in [9.17, 15) is 13.6 Å². The van der Waals surface area contributed by atoms with Gasteiger partial charge in [0.15, 0.2) is 6.10 Å². The van der Waals surface area contributed by atoms with Gasteiger partial charge in [0.2, 0.25) is 0 Å². The summed E-state index contributed by atoms with van der Waals surface area (Å²) >= 11 is 0. The second-order valence-corrected chi connectivity index (χ2v) is 8.27. The molecule has 0 aliphatic heterocycles. The van der Waals surface area contributed by atoms with Gasteiger partial charge in [-0.2, -0.15) is 0 Å². The fourth-order valence-electron chi connectivity index (χ4n) is 3.82. The van der Waals surface area contributed by atoms with Crippen molar-refractivity contribution in [2.45, 2.75) is 46.1 Å². The number of ether oxygens (including phenoxy) is 1. The molecular weight excluding hydrogens is 454 g/mol. The summed E-state index contributed by atoms with van der Waals surface area (Å²) in [5, 5.41) is 0. The number of aryl methyl sites for hydroxylation is 1. The lowest BCUT2D eigenvalue weighted by atomic mass is 10.00. The van der Waals surface area contributed by atoms with Gasteiger partial charge in [0.05, 0.1) is 5.56 Å². The smallest absolute Gasteiger partial charge is 0.339 e. The summed E-state index contributed by atoms with van der Waals surface area (Å²) in [5.41, 5.74) is 5.00. The van der Waals surface area contributed by atoms with Crippen LogP contribution in [0.5, 0.6) is 0 Å². The lowest BCUT2D eigenvalue weighted by Gasteiger charge is -2.19. The number of halogens is 2. The van der Waals surface area contributed by atoms with Gasteiger partial charge >= 0.3 is 5.97 Å². The molecule has 0 atom stereocenters. The Hall–Kier alpha value is -3.79. The molecule has 0 N–H and O–H groups in total. The number of hydrogen-bond acceptors (Lipinski definition) is 2. The molecule has 0 saturated carbocycles. The molecule has 0 unspecified atom stereocenters. The molecule has 4 aromatic carbocycles. The summed E-state index contributed by atoms with van der Waals surface area (Å²) in [6, 6.07) is 27.2. The summed E-state index contributed by atoms with van der Waals surface area (Å²) in [6.07, 6.45) is 2.63. The van der Waals surface area contributed by atoms with Crippen molar-refractivity contribution in [3.63, 3.8) is 0 Å². The van der Waals surface area contributed by atoms with Gasteiger partial charge in [0, 0.05) is 0 Å². The van der Waals surface area contributed by atoms with E-state index < -0.39 is 12.1 Å². The van der Waals surface area contributed by atoms with Gasteiger partial charge in [0.25, 0.3) is 0 Å². The van der Waals surface area contributed by atoms with Crippen molar-refractivity contribution >= 4 is 5.97 Å². The number of carbonyl (C=O) groups excluding carboxylic acids is 1. The summed E-state index contributed by atoms with van der Waals surface area (Å²) in [4.78, 5) is 13.0. The Morgan fingerprint density at radius 3 is 1.58 bits per heavy atom. The number of esters is 1. The Balaban J connectivity index is 0.00000176. The predicted molar refractivity (Wildman–Crippen MR) is 142 cm³/mol. The molecule has 186 valence electrons. The Morgan fingerprint density at radius 1 is 0.694 bits per heavy atom. The highest BCUT2D eigenvalue weighted by atomic mass is 19.1. The number of carbonyl (C=O) groups is 1. The van der Waals surface area contributed by atoms with Crippen molar-refractivity contribution < 1.29 is 18.3 Å². The first kappa shape index (κ1) is 26.8. The molecule has 0 radical (unpaired) electrons. The van der Waals surface area contributed by atoms with Crippen molar-refractivity contribution in [3.8, 4) is 11.1 Å². The molecule has 0 heterocycles. The molecule has 0 fully saturated rings. The number of hydrogen-bond donors (Lipinski definition) is 0. The Bertz CT molecular complexity index is 1170. The molecule has 0 bridgehead atoms. The maximum absolute atomic E-state index is 13.4. The summed E-state index contributed by atoms with van der Waals surface area (Å²) in [5.74, 6) is -1.29. The van der Waals surface area contributed by atoms with Crippen molar-refractivity contribution in [1.82, 2.24) is 0 Å². The van der Waals surface area contributed by atoms with Crippen LogP contribution < -0.4 is 0 Å². The number of rotatable bonds is 8. The second-order valence-electron chi connectivity index (χ2n) is 8.27. The van der Waals surface area contributed by atoms with Crippen LogP contribution in [0.1, 0.15) is 66.8 Å². The fraction of sp³-hybridized carbons (Fsp3) is 0.219. The van der Waals surface area contributed by atoms with Gasteiger partial charge in [-0.25, -0.2) is 13.6 Å². The third-order valence-electron chi connectivity index (χ3n) is 5.80. The molecule has 0 aromatic heterocycles. The van der Waals surface area contributed by atoms with Crippen molar-refractivity contribution in [1.29, 1.82) is 0 Å². The largest absolute Gasteiger partial charge is 0.449 e. The summed E-state index contributed by atoms with van der Waals surface area (Å²) < 4.78 is 32.7. The van der Waals surface area contributed by atoms with E-state index in [4.69, 9.17) is 4.74 Å². The second kappa shape index (κ2) is 13.3. The minimum Gasteiger partial charge on any atom is -0.449 e. The van der Waals surface area contributed by atoms with E-state index in [0.717, 1.165) is 17.5 Å². The topological polar surface area (TPSA) is 26.3 Å². The number of unbranched alkanes of at least 4 members (excludes halogenated alkanes) is 1. The first-order valence-corrected chi connectivity index (χ1v) is 12.4. The molecular formula is C32H32F2O2. The molecule has 36 heavy (non-hydrogen) atoms. The lowest BCUT2D eigenvalue weighted by Crippen LogP contribution is -2.13. The maximum Gasteiger partial charge on any atom is 0.339 e. The Labute approximate surface area is 212 Å². The van der Waals surface area contributed by atoms with E-state index in [1.54, 1.807) is 36.4 Å². The molecule has 0 saturated heterocycles. The van der Waals surface area contributed by atoms with Gasteiger partial charge in [-0.05, 0) is 77.1 Å². The van der Waals surface area contributed by atoms with Crippen LogP contribution >= 0.6 is 0 Å². The van der Waals surface area contributed by atoms with E-state index >= 15 is 0 Å². The molecule has 4 rings (SSSR count). The van der Waals surface area contributed by atoms with Gasteiger partial charge in [-0.15, -0.1) is 0 Å². The molecule has 0 spiro atoms. The highest BCUT2D eigenvalue weighted by Gasteiger charge is 2.20. The molecule has 0 aliphatic carbocycles. The predicted octanol–water partition coefficient (Wildman–Crippen LogP) is 8.95. The van der Waals surface area contributed by atoms with E-state index in [1.165, 1.54) is 42.7 Å². The van der Waals surface area contributed by atoms with Crippen molar-refractivity contribution in [2.75, 3.05) is 0 Å². The van der Waals surface area contributed by atoms with Crippen LogP contribution in [0.15, 0.2) is 97.1 Å². The minimum absolute atomic E-state index is 0.387. The van der Waals surface area contributed by atoms with Gasteiger partial charge in [0.1, 0.15) is 11.6 Å². The van der Waals surface area contributed by atoms with Crippen LogP contribution in [0.3, 0.4) is 0 Å². The van der Waals surface area contributed by atoms with Gasteiger partial charge < -0.3 is 4.74 Å². The third kappa shape index (κ3) is 7.11. The van der Waals surface area contributed by atoms with Gasteiger partial charge in [-0.1, -0.05) is 87.9 Å². The Morgan fingerprint density at radius 2 is 1.14 bits per heavy atom. The van der Waals surface area contributed by atoms with E-state index in [1.807, 2.05) is 26.0 Å². The first-order chi connectivity index (χ1) is 17.5. The fourth-order valence-corrected chi connectivity index (χ4v) is 3.82. The maximum atomic E-state index is 13.4. The molecule has 4 heteroatoms. The SMILES string of the molecule is CC.CCCCc1ccc(-c2ccc(C(=O)OC(c3ccc(F)cc3)c3ccc(F)cc3)cc2)cc1. The number of benzene rings is 4. The van der Waals surface area contributed by atoms with Crippen LogP contribution in [0.25, 0.3) is 11.1 Å². The van der Waals surface area contributed by atoms with Crippen LogP contribution in [0.4, 0.5) is 8.78 Å². The van der Waals surface area contributed by atoms with Crippen LogP contribution in [-0.4, -0.2) is 5.97 Å². The average Bonchev–Trinajstić information content (AvgIpc) is 2.93. The molecule has 4 aromatic rings. The normalized spacial score (nSPS) is 10.5. The standard InChI is InChI=1S/C30H26F2O2.C2H6/c1-2-3-4-21-5-7-22(8-6-21)23-9-11-26(12-10-23)30(33)34-29(24-13-17-27(31)18-14-24)25-15-19-28(32)20-16-25;1-2/h5-20,29H,2-4H2,1H3;1-2H3. The highest BCUT2D eigenvalue weighted by molar-refractivity contribution is 5.90. The van der Waals surface area contributed by atoms with Crippen molar-refractivity contribution in [3.05, 3.63) is 131 Å². The zero-order chi connectivity index (χ0) is 25.9. The monoisotopic (exact) mass is 486 g/mol. The third-order valence-corrected chi connectivity index (χ3v) is 5.80. The van der Waals surface area contributed by atoms with Crippen LogP contribution in [-0.2, 0) is 11.2 Å². The quantitative estimate of drug-likeness (QED) is 0.232. The lowest BCUT2D eigenvalue weighted by molar-refractivity contribution is 0.0378. The minimum atomic E-state index is -0.788. The molecule has 2 nitrogen and oxygen atoms in total. The zero-order valence-corrected chi connectivity index (χ0v) is 21.0. The molecule has 0 aliphatic rings. The van der Waals surface area contributed by atoms with Crippen LogP contribution in [0, 0.1) is 11.6 Å². The summed E-state index contributed by atoms with van der Waals surface area (Å²) in [7, 11) is 0. The first-order valence-electron chi connectivity index (χ1n) is 12.4. The molecule has 0 amide bonds. The van der Waals surface area contributed by atoms with E-state index in [-0.39, 0.29) is 11.6 Å². The Kier molecular flexibility index (Phi) is 9.93. The zero-order valence-electron chi connectivity index (χ0n) is 21.0.